The number of rotatable bonds is 6. The minimum Gasteiger partial charge on any atom is -0.492 e. The van der Waals surface area contributed by atoms with Crippen LogP contribution < -0.4 is 4.74 Å². The molecular weight excluding hydrogens is 276 g/mol. The normalized spacial score (nSPS) is 10.2. The lowest BCUT2D eigenvalue weighted by Crippen LogP contribution is -2.02. The summed E-state index contributed by atoms with van der Waals surface area (Å²) in [5.74, 6) is -0.240. The number of carboxylic acids is 1. The third-order valence-corrected chi connectivity index (χ3v) is 3.13. The molecule has 2 aromatic carbocycles. The zero-order valence-corrected chi connectivity index (χ0v) is 11.6. The number of carboxylic acid groups (broad SMARTS) is 1. The molecule has 2 aromatic rings. The van der Waals surface area contributed by atoms with Crippen molar-refractivity contribution in [2.45, 2.75) is 12.8 Å². The highest BCUT2D eigenvalue weighted by atomic mass is 35.5. The Labute approximate surface area is 122 Å². The van der Waals surface area contributed by atoms with Crippen LogP contribution in [-0.4, -0.2) is 17.7 Å². The maximum absolute atomic E-state index is 10.4. The number of ether oxygens (including phenoxy) is 1. The van der Waals surface area contributed by atoms with Gasteiger partial charge in [-0.1, -0.05) is 48.0 Å². The van der Waals surface area contributed by atoms with E-state index in [1.54, 1.807) is 0 Å². The van der Waals surface area contributed by atoms with Crippen LogP contribution in [0.2, 0.25) is 5.02 Å². The number of hydrogen-bond donors (Lipinski definition) is 1. The molecule has 2 rings (SSSR count). The van der Waals surface area contributed by atoms with Gasteiger partial charge in [0.2, 0.25) is 0 Å². The zero-order valence-electron chi connectivity index (χ0n) is 10.9. The predicted molar refractivity (Wildman–Crippen MR) is 79.3 cm³/mol. The molecule has 0 aliphatic rings. The third-order valence-electron chi connectivity index (χ3n) is 2.83. The Bertz CT molecular complexity index is 582. The second kappa shape index (κ2) is 6.96. The van der Waals surface area contributed by atoms with Crippen LogP contribution in [0.25, 0.3) is 11.1 Å². The van der Waals surface area contributed by atoms with Crippen molar-refractivity contribution in [3.8, 4) is 16.9 Å². The standard InChI is InChI=1S/C16H15ClO3/c17-14-11-13(12-5-2-1-3-6-12)8-9-15(14)20-10-4-7-16(18)19/h1-3,5-6,8-9,11H,4,7,10H2,(H,18,19). The lowest BCUT2D eigenvalue weighted by atomic mass is 10.1. The molecule has 0 heterocycles. The molecule has 0 bridgehead atoms. The van der Waals surface area contributed by atoms with Crippen LogP contribution in [0.1, 0.15) is 12.8 Å². The maximum atomic E-state index is 10.4. The van der Waals surface area contributed by atoms with Crippen molar-refractivity contribution in [3.63, 3.8) is 0 Å². The van der Waals surface area contributed by atoms with E-state index in [1.165, 1.54) is 0 Å². The molecule has 0 unspecified atom stereocenters. The Hall–Kier alpha value is -2.00. The second-order valence-electron chi connectivity index (χ2n) is 4.36. The van der Waals surface area contributed by atoms with E-state index in [1.807, 2.05) is 48.5 Å². The molecule has 104 valence electrons. The molecule has 4 heteroatoms. The molecule has 1 N–H and O–H groups in total. The van der Waals surface area contributed by atoms with E-state index >= 15 is 0 Å². The SMILES string of the molecule is O=C(O)CCCOc1ccc(-c2ccccc2)cc1Cl. The van der Waals surface area contributed by atoms with Crippen LogP contribution in [0, 0.1) is 0 Å². The summed E-state index contributed by atoms with van der Waals surface area (Å²) in [6, 6.07) is 15.5. The van der Waals surface area contributed by atoms with Gasteiger partial charge in [-0.2, -0.15) is 0 Å². The molecule has 0 radical (unpaired) electrons. The smallest absolute Gasteiger partial charge is 0.303 e. The molecule has 0 saturated heterocycles. The highest BCUT2D eigenvalue weighted by Crippen LogP contribution is 2.30. The van der Waals surface area contributed by atoms with Crippen LogP contribution in [-0.2, 0) is 4.79 Å². The molecule has 0 amide bonds. The number of carbonyl (C=O) groups is 1. The Morgan fingerprint density at radius 2 is 1.85 bits per heavy atom. The maximum Gasteiger partial charge on any atom is 0.303 e. The van der Waals surface area contributed by atoms with E-state index in [9.17, 15) is 4.79 Å². The Morgan fingerprint density at radius 3 is 2.50 bits per heavy atom. The van der Waals surface area contributed by atoms with E-state index in [2.05, 4.69) is 0 Å². The van der Waals surface area contributed by atoms with E-state index in [0.717, 1.165) is 11.1 Å². The lowest BCUT2D eigenvalue weighted by Gasteiger charge is -2.09. The number of benzene rings is 2. The van der Waals surface area contributed by atoms with Gasteiger partial charge in [0.05, 0.1) is 11.6 Å². The monoisotopic (exact) mass is 290 g/mol. The van der Waals surface area contributed by atoms with Crippen molar-refractivity contribution in [1.82, 2.24) is 0 Å². The number of aliphatic carboxylic acids is 1. The molecule has 0 saturated carbocycles. The highest BCUT2D eigenvalue weighted by molar-refractivity contribution is 6.32. The average molecular weight is 291 g/mol. The van der Waals surface area contributed by atoms with Crippen molar-refractivity contribution in [2.24, 2.45) is 0 Å². The summed E-state index contributed by atoms with van der Waals surface area (Å²) in [6.07, 6.45) is 0.561. The minimum atomic E-state index is -0.820. The van der Waals surface area contributed by atoms with E-state index in [0.29, 0.717) is 23.8 Å². The van der Waals surface area contributed by atoms with Crippen LogP contribution in [0.15, 0.2) is 48.5 Å². The molecule has 0 aliphatic heterocycles. The summed E-state index contributed by atoms with van der Waals surface area (Å²) in [4.78, 5) is 10.4. The van der Waals surface area contributed by atoms with E-state index in [-0.39, 0.29) is 6.42 Å². The fourth-order valence-corrected chi connectivity index (χ4v) is 2.07. The van der Waals surface area contributed by atoms with Gasteiger partial charge in [-0.15, -0.1) is 0 Å². The highest BCUT2D eigenvalue weighted by Gasteiger charge is 2.05. The second-order valence-corrected chi connectivity index (χ2v) is 4.76. The minimum absolute atomic E-state index is 0.0969. The zero-order chi connectivity index (χ0) is 14.4. The van der Waals surface area contributed by atoms with Gasteiger partial charge in [0.1, 0.15) is 5.75 Å². The summed E-state index contributed by atoms with van der Waals surface area (Å²) in [7, 11) is 0. The molecule has 20 heavy (non-hydrogen) atoms. The van der Waals surface area contributed by atoms with Crippen molar-refractivity contribution in [2.75, 3.05) is 6.61 Å². The van der Waals surface area contributed by atoms with Gasteiger partial charge in [-0.3, -0.25) is 4.79 Å². The first-order valence-corrected chi connectivity index (χ1v) is 6.74. The molecule has 0 fully saturated rings. The van der Waals surface area contributed by atoms with Crippen LogP contribution in [0.3, 0.4) is 0 Å². The molecule has 3 nitrogen and oxygen atoms in total. The summed E-state index contributed by atoms with van der Waals surface area (Å²) in [6.45, 7) is 0.344. The van der Waals surface area contributed by atoms with Gasteiger partial charge in [0, 0.05) is 6.42 Å². The van der Waals surface area contributed by atoms with Gasteiger partial charge >= 0.3 is 5.97 Å². The first kappa shape index (κ1) is 14.4. The predicted octanol–water partition coefficient (Wildman–Crippen LogP) is 4.25. The van der Waals surface area contributed by atoms with E-state index < -0.39 is 5.97 Å². The van der Waals surface area contributed by atoms with Crippen molar-refractivity contribution < 1.29 is 14.6 Å². The van der Waals surface area contributed by atoms with Gasteiger partial charge < -0.3 is 9.84 Å². The first-order chi connectivity index (χ1) is 9.66. The number of hydrogen-bond acceptors (Lipinski definition) is 2. The van der Waals surface area contributed by atoms with Crippen LogP contribution >= 0.6 is 11.6 Å². The topological polar surface area (TPSA) is 46.5 Å². The quantitative estimate of drug-likeness (QED) is 0.809. The largest absolute Gasteiger partial charge is 0.492 e. The third kappa shape index (κ3) is 4.00. The van der Waals surface area contributed by atoms with Gasteiger partial charge in [-0.25, -0.2) is 0 Å². The summed E-state index contributed by atoms with van der Waals surface area (Å²) in [5, 5.41) is 9.08. The molecular formula is C16H15ClO3. The Morgan fingerprint density at radius 1 is 1.10 bits per heavy atom. The Kier molecular flexibility index (Phi) is 5.02. The van der Waals surface area contributed by atoms with Crippen molar-refractivity contribution in [3.05, 3.63) is 53.6 Å². The molecule has 0 spiro atoms. The number of halogens is 1. The molecule has 0 atom stereocenters. The summed E-state index contributed by atoms with van der Waals surface area (Å²) >= 11 is 6.18. The fourth-order valence-electron chi connectivity index (χ4n) is 1.83. The lowest BCUT2D eigenvalue weighted by molar-refractivity contribution is -0.137. The van der Waals surface area contributed by atoms with Gasteiger partial charge in [-0.05, 0) is 29.7 Å². The average Bonchev–Trinajstić information content (AvgIpc) is 2.45. The van der Waals surface area contributed by atoms with Crippen LogP contribution in [0.5, 0.6) is 5.75 Å². The van der Waals surface area contributed by atoms with Crippen molar-refractivity contribution >= 4 is 17.6 Å². The first-order valence-electron chi connectivity index (χ1n) is 6.36. The van der Waals surface area contributed by atoms with Gasteiger partial charge in [0.25, 0.3) is 0 Å². The fraction of sp³-hybridized carbons (Fsp3) is 0.188. The van der Waals surface area contributed by atoms with Crippen LogP contribution in [0.4, 0.5) is 0 Å². The van der Waals surface area contributed by atoms with E-state index in [4.69, 9.17) is 21.4 Å². The van der Waals surface area contributed by atoms with Crippen molar-refractivity contribution in [1.29, 1.82) is 0 Å². The molecule has 0 aromatic heterocycles. The Balaban J connectivity index is 2.01. The molecule has 0 aliphatic carbocycles. The van der Waals surface area contributed by atoms with Gasteiger partial charge in [0.15, 0.2) is 0 Å². The summed E-state index contributed by atoms with van der Waals surface area (Å²) in [5.41, 5.74) is 2.11. The summed E-state index contributed by atoms with van der Waals surface area (Å²) < 4.78 is 5.48.